The third-order valence-electron chi connectivity index (χ3n) is 4.78. The van der Waals surface area contributed by atoms with E-state index in [9.17, 15) is 4.79 Å². The van der Waals surface area contributed by atoms with Crippen LogP contribution in [0.5, 0.6) is 0 Å². The molecule has 1 amide bonds. The Kier molecular flexibility index (Phi) is 3.87. The summed E-state index contributed by atoms with van der Waals surface area (Å²) in [6.45, 7) is 5.35. The molecule has 0 unspecified atom stereocenters. The van der Waals surface area contributed by atoms with Crippen LogP contribution in [0.3, 0.4) is 0 Å². The smallest absolute Gasteiger partial charge is 0.270 e. The van der Waals surface area contributed by atoms with Crippen LogP contribution in [0.25, 0.3) is 0 Å². The summed E-state index contributed by atoms with van der Waals surface area (Å²) in [5.41, 5.74) is 0.653. The summed E-state index contributed by atoms with van der Waals surface area (Å²) in [4.78, 5) is 19.8. The standard InChI is InChI=1S/C16H22N6O/c23-16(13-4-3-6-17-13)21-9-5-14-18-19-15(22(14)11-10-21)12-20-7-1-2-8-20/h3-4,6,17H,1-2,5,7-12H2. The van der Waals surface area contributed by atoms with Crippen LogP contribution in [0.1, 0.15) is 35.0 Å². The first-order chi connectivity index (χ1) is 11.3. The van der Waals surface area contributed by atoms with E-state index in [0.717, 1.165) is 44.2 Å². The van der Waals surface area contributed by atoms with Crippen molar-refractivity contribution in [2.24, 2.45) is 0 Å². The molecule has 1 saturated heterocycles. The molecule has 0 atom stereocenters. The Hall–Kier alpha value is -2.15. The Labute approximate surface area is 135 Å². The van der Waals surface area contributed by atoms with Crippen molar-refractivity contribution in [3.05, 3.63) is 35.7 Å². The summed E-state index contributed by atoms with van der Waals surface area (Å²) >= 11 is 0. The van der Waals surface area contributed by atoms with Gasteiger partial charge in [0.25, 0.3) is 5.91 Å². The zero-order valence-electron chi connectivity index (χ0n) is 13.2. The van der Waals surface area contributed by atoms with Crippen molar-refractivity contribution in [1.29, 1.82) is 0 Å². The quantitative estimate of drug-likeness (QED) is 0.914. The van der Waals surface area contributed by atoms with Gasteiger partial charge in [-0.3, -0.25) is 9.69 Å². The van der Waals surface area contributed by atoms with Gasteiger partial charge in [0.05, 0.1) is 6.54 Å². The third-order valence-corrected chi connectivity index (χ3v) is 4.78. The SMILES string of the molecule is O=C(c1ccc[nH]1)N1CCc2nnc(CN3CCCC3)n2CC1. The number of aromatic amines is 1. The summed E-state index contributed by atoms with van der Waals surface area (Å²) < 4.78 is 2.21. The number of H-pyrrole nitrogens is 1. The van der Waals surface area contributed by atoms with Gasteiger partial charge in [0.15, 0.2) is 0 Å². The van der Waals surface area contributed by atoms with E-state index >= 15 is 0 Å². The highest BCUT2D eigenvalue weighted by Gasteiger charge is 2.24. The lowest BCUT2D eigenvalue weighted by atomic mass is 10.3. The average Bonchev–Trinajstić information content (AvgIpc) is 3.29. The van der Waals surface area contributed by atoms with Crippen LogP contribution in [0.15, 0.2) is 18.3 Å². The number of nitrogens with zero attached hydrogens (tertiary/aromatic N) is 5. The van der Waals surface area contributed by atoms with E-state index in [-0.39, 0.29) is 5.91 Å². The lowest BCUT2D eigenvalue weighted by Gasteiger charge is -2.19. The number of carbonyl (C=O) groups excluding carboxylic acids is 1. The van der Waals surface area contributed by atoms with Crippen molar-refractivity contribution in [1.82, 2.24) is 29.5 Å². The minimum absolute atomic E-state index is 0.0646. The van der Waals surface area contributed by atoms with Crippen molar-refractivity contribution in [3.8, 4) is 0 Å². The maximum absolute atomic E-state index is 12.5. The van der Waals surface area contributed by atoms with Crippen molar-refractivity contribution in [3.63, 3.8) is 0 Å². The number of likely N-dealkylation sites (tertiary alicyclic amines) is 1. The molecular weight excluding hydrogens is 292 g/mol. The highest BCUT2D eigenvalue weighted by Crippen LogP contribution is 2.15. The normalized spacial score (nSPS) is 18.9. The fourth-order valence-electron chi connectivity index (χ4n) is 3.48. The lowest BCUT2D eigenvalue weighted by Crippen LogP contribution is -2.34. The molecule has 1 fully saturated rings. The first-order valence-corrected chi connectivity index (χ1v) is 8.37. The molecule has 0 aromatic carbocycles. The predicted molar refractivity (Wildman–Crippen MR) is 84.9 cm³/mol. The number of amides is 1. The molecule has 2 aliphatic heterocycles. The number of hydrogen-bond acceptors (Lipinski definition) is 4. The van der Waals surface area contributed by atoms with Crippen LogP contribution in [0.2, 0.25) is 0 Å². The van der Waals surface area contributed by atoms with Crippen molar-refractivity contribution >= 4 is 5.91 Å². The molecule has 23 heavy (non-hydrogen) atoms. The fraction of sp³-hybridized carbons (Fsp3) is 0.562. The molecular formula is C16H22N6O. The molecule has 122 valence electrons. The molecule has 7 heteroatoms. The zero-order chi connectivity index (χ0) is 15.6. The lowest BCUT2D eigenvalue weighted by molar-refractivity contribution is 0.0753. The van der Waals surface area contributed by atoms with Gasteiger partial charge < -0.3 is 14.5 Å². The van der Waals surface area contributed by atoms with Gasteiger partial charge >= 0.3 is 0 Å². The van der Waals surface area contributed by atoms with Gasteiger partial charge in [0.2, 0.25) is 0 Å². The van der Waals surface area contributed by atoms with Crippen LogP contribution in [0, 0.1) is 0 Å². The van der Waals surface area contributed by atoms with E-state index in [4.69, 9.17) is 0 Å². The van der Waals surface area contributed by atoms with E-state index in [2.05, 4.69) is 24.6 Å². The van der Waals surface area contributed by atoms with E-state index in [1.165, 1.54) is 12.8 Å². The molecule has 0 bridgehead atoms. The molecule has 0 spiro atoms. The molecule has 2 aromatic rings. The zero-order valence-corrected chi connectivity index (χ0v) is 13.2. The molecule has 2 aromatic heterocycles. The predicted octanol–water partition coefficient (Wildman–Crippen LogP) is 0.900. The summed E-state index contributed by atoms with van der Waals surface area (Å²) in [6, 6.07) is 3.68. The monoisotopic (exact) mass is 314 g/mol. The van der Waals surface area contributed by atoms with E-state index in [1.54, 1.807) is 6.20 Å². The van der Waals surface area contributed by atoms with Crippen LogP contribution in [-0.2, 0) is 19.5 Å². The summed E-state index contributed by atoms with van der Waals surface area (Å²) in [6.07, 6.45) is 5.10. The van der Waals surface area contributed by atoms with Crippen molar-refractivity contribution in [2.75, 3.05) is 26.2 Å². The molecule has 1 N–H and O–H groups in total. The van der Waals surface area contributed by atoms with E-state index in [1.807, 2.05) is 17.0 Å². The van der Waals surface area contributed by atoms with Gasteiger partial charge in [-0.15, -0.1) is 10.2 Å². The first kappa shape index (κ1) is 14.4. The Morgan fingerprint density at radius 1 is 1.13 bits per heavy atom. The third kappa shape index (κ3) is 2.88. The van der Waals surface area contributed by atoms with Gasteiger partial charge in [0.1, 0.15) is 17.3 Å². The molecule has 4 heterocycles. The number of carbonyl (C=O) groups is 1. The number of hydrogen-bond donors (Lipinski definition) is 1. The minimum atomic E-state index is 0.0646. The van der Waals surface area contributed by atoms with E-state index in [0.29, 0.717) is 18.8 Å². The second-order valence-electron chi connectivity index (χ2n) is 6.29. The topological polar surface area (TPSA) is 70.1 Å². The summed E-state index contributed by atoms with van der Waals surface area (Å²) in [7, 11) is 0. The fourth-order valence-corrected chi connectivity index (χ4v) is 3.48. The minimum Gasteiger partial charge on any atom is -0.357 e. The second-order valence-corrected chi connectivity index (χ2v) is 6.29. The van der Waals surface area contributed by atoms with Crippen molar-refractivity contribution < 1.29 is 4.79 Å². The Bertz CT molecular complexity index is 671. The highest BCUT2D eigenvalue weighted by atomic mass is 16.2. The number of fused-ring (bicyclic) bond motifs is 1. The molecule has 2 aliphatic rings. The maximum atomic E-state index is 12.5. The molecule has 0 aliphatic carbocycles. The van der Waals surface area contributed by atoms with Gasteiger partial charge in [-0.1, -0.05) is 0 Å². The molecule has 7 nitrogen and oxygen atoms in total. The van der Waals surface area contributed by atoms with Crippen LogP contribution in [-0.4, -0.2) is 61.6 Å². The van der Waals surface area contributed by atoms with Gasteiger partial charge in [-0.25, -0.2) is 0 Å². The van der Waals surface area contributed by atoms with Crippen LogP contribution >= 0.6 is 0 Å². The summed E-state index contributed by atoms with van der Waals surface area (Å²) in [5.74, 6) is 2.10. The summed E-state index contributed by atoms with van der Waals surface area (Å²) in [5, 5.41) is 8.74. The van der Waals surface area contributed by atoms with Gasteiger partial charge in [-0.05, 0) is 38.1 Å². The van der Waals surface area contributed by atoms with Crippen LogP contribution < -0.4 is 0 Å². The second kappa shape index (κ2) is 6.16. The highest BCUT2D eigenvalue weighted by molar-refractivity contribution is 5.92. The Balaban J connectivity index is 1.46. The molecule has 4 rings (SSSR count). The largest absolute Gasteiger partial charge is 0.357 e. The maximum Gasteiger partial charge on any atom is 0.270 e. The van der Waals surface area contributed by atoms with Crippen molar-refractivity contribution in [2.45, 2.75) is 32.4 Å². The van der Waals surface area contributed by atoms with Gasteiger partial charge in [-0.2, -0.15) is 0 Å². The number of rotatable bonds is 3. The van der Waals surface area contributed by atoms with E-state index < -0.39 is 0 Å². The van der Waals surface area contributed by atoms with Gasteiger partial charge in [0, 0.05) is 32.3 Å². The molecule has 0 saturated carbocycles. The number of nitrogens with one attached hydrogen (secondary N) is 1. The number of aromatic nitrogens is 4. The Morgan fingerprint density at radius 2 is 2.00 bits per heavy atom. The Morgan fingerprint density at radius 3 is 2.78 bits per heavy atom. The first-order valence-electron chi connectivity index (χ1n) is 8.37. The van der Waals surface area contributed by atoms with Crippen LogP contribution in [0.4, 0.5) is 0 Å². The molecule has 0 radical (unpaired) electrons. The average molecular weight is 314 g/mol.